The van der Waals surface area contributed by atoms with Gasteiger partial charge < -0.3 is 20.9 Å². The third kappa shape index (κ3) is 4.54. The number of carbonyl (C=O) groups excluding carboxylic acids is 2. The number of anilines is 1. The predicted molar refractivity (Wildman–Crippen MR) is 131 cm³/mol. The summed E-state index contributed by atoms with van der Waals surface area (Å²) < 4.78 is 9.38. The van der Waals surface area contributed by atoms with Crippen LogP contribution in [0.25, 0.3) is 10.8 Å². The van der Waals surface area contributed by atoms with E-state index in [9.17, 15) is 14.7 Å². The molecule has 9 nitrogen and oxygen atoms in total. The van der Waals surface area contributed by atoms with E-state index in [1.54, 1.807) is 49.4 Å². The molecule has 3 aromatic carbocycles. The molecular formula is C23H18ClN5O4S. The van der Waals surface area contributed by atoms with Crippen LogP contribution in [0.5, 0.6) is 11.5 Å². The summed E-state index contributed by atoms with van der Waals surface area (Å²) in [6.07, 6.45) is 0. The van der Waals surface area contributed by atoms with Gasteiger partial charge in [0, 0.05) is 16.1 Å². The SMILES string of the molecule is COc1ccc2c(/N=N/c3snc(C)c3C(N)=O)c(O)c(C(=O)Nc3ccc(Cl)cc3)cc2c1. The number of carbonyl (C=O) groups is 2. The Kier molecular flexibility index (Phi) is 6.44. The van der Waals surface area contributed by atoms with Crippen molar-refractivity contribution < 1.29 is 19.4 Å². The number of rotatable bonds is 6. The van der Waals surface area contributed by atoms with Gasteiger partial charge in [-0.25, -0.2) is 0 Å². The maximum Gasteiger partial charge on any atom is 0.259 e. The number of phenols is 1. The first-order chi connectivity index (χ1) is 16.3. The van der Waals surface area contributed by atoms with E-state index in [1.165, 1.54) is 13.2 Å². The number of azo groups is 1. The molecule has 172 valence electrons. The Bertz CT molecular complexity index is 1450. The van der Waals surface area contributed by atoms with Crippen molar-refractivity contribution in [3.63, 3.8) is 0 Å². The maximum atomic E-state index is 13.0. The number of benzene rings is 3. The van der Waals surface area contributed by atoms with Gasteiger partial charge in [0.15, 0.2) is 10.8 Å². The minimum absolute atomic E-state index is 0.0275. The van der Waals surface area contributed by atoms with Crippen molar-refractivity contribution >= 4 is 62.1 Å². The standard InChI is InChI=1S/C23H18ClN5O4S/c1-11-18(21(25)31)23(34-29-11)28-27-19-16-8-7-15(33-2)9-12(16)10-17(20(19)30)22(32)26-14-5-3-13(24)4-6-14/h3-10,30H,1-2H3,(H2,25,31)(H,26,32)/b28-27+. The van der Waals surface area contributed by atoms with E-state index in [0.29, 0.717) is 32.9 Å². The van der Waals surface area contributed by atoms with Crippen molar-refractivity contribution in [3.8, 4) is 11.5 Å². The van der Waals surface area contributed by atoms with Gasteiger partial charge in [-0.1, -0.05) is 11.6 Å². The van der Waals surface area contributed by atoms with Gasteiger partial charge >= 0.3 is 0 Å². The molecule has 0 aliphatic rings. The lowest BCUT2D eigenvalue weighted by atomic mass is 10.0. The second kappa shape index (κ2) is 9.46. The highest BCUT2D eigenvalue weighted by Gasteiger charge is 2.20. The molecule has 0 spiro atoms. The van der Waals surface area contributed by atoms with E-state index in [2.05, 4.69) is 19.9 Å². The first-order valence-corrected chi connectivity index (χ1v) is 11.0. The molecule has 0 saturated heterocycles. The summed E-state index contributed by atoms with van der Waals surface area (Å²) in [5.74, 6) is -1.07. The van der Waals surface area contributed by atoms with Crippen LogP contribution in [0.1, 0.15) is 26.4 Å². The Morgan fingerprint density at radius 2 is 1.88 bits per heavy atom. The average molecular weight is 496 g/mol. The molecule has 0 bridgehead atoms. The summed E-state index contributed by atoms with van der Waals surface area (Å²) in [4.78, 5) is 24.8. The molecule has 0 unspecified atom stereocenters. The highest BCUT2D eigenvalue weighted by atomic mass is 35.5. The van der Waals surface area contributed by atoms with Crippen molar-refractivity contribution in [1.29, 1.82) is 0 Å². The van der Waals surface area contributed by atoms with Crippen LogP contribution in [0.3, 0.4) is 0 Å². The number of nitrogens with one attached hydrogen (secondary N) is 1. The maximum absolute atomic E-state index is 13.0. The number of amides is 2. The minimum atomic E-state index is -0.685. The molecule has 0 aliphatic heterocycles. The smallest absolute Gasteiger partial charge is 0.259 e. The van der Waals surface area contributed by atoms with Crippen LogP contribution in [0.2, 0.25) is 5.02 Å². The van der Waals surface area contributed by atoms with E-state index in [1.807, 2.05) is 0 Å². The van der Waals surface area contributed by atoms with Crippen molar-refractivity contribution in [1.82, 2.24) is 4.37 Å². The lowest BCUT2D eigenvalue weighted by Gasteiger charge is -2.12. The topological polar surface area (TPSA) is 139 Å². The van der Waals surface area contributed by atoms with Crippen LogP contribution in [0.4, 0.5) is 16.4 Å². The van der Waals surface area contributed by atoms with E-state index in [0.717, 1.165) is 11.5 Å². The van der Waals surface area contributed by atoms with Crippen LogP contribution in [-0.4, -0.2) is 28.4 Å². The van der Waals surface area contributed by atoms with Crippen LogP contribution in [-0.2, 0) is 0 Å². The molecular weight excluding hydrogens is 478 g/mol. The fourth-order valence-corrected chi connectivity index (χ4v) is 4.15. The monoisotopic (exact) mass is 495 g/mol. The van der Waals surface area contributed by atoms with E-state index in [-0.39, 0.29) is 27.6 Å². The molecule has 0 aliphatic carbocycles. The Labute approximate surface area is 203 Å². The van der Waals surface area contributed by atoms with Crippen LogP contribution in [0, 0.1) is 6.92 Å². The van der Waals surface area contributed by atoms with Gasteiger partial charge in [0.1, 0.15) is 17.0 Å². The molecule has 4 aromatic rings. The lowest BCUT2D eigenvalue weighted by molar-refractivity contribution is 0.0997. The molecule has 4 N–H and O–H groups in total. The Morgan fingerprint density at radius 3 is 2.56 bits per heavy atom. The Morgan fingerprint density at radius 1 is 1.15 bits per heavy atom. The van der Waals surface area contributed by atoms with Crippen LogP contribution in [0.15, 0.2) is 58.8 Å². The van der Waals surface area contributed by atoms with Gasteiger partial charge in [0.25, 0.3) is 11.8 Å². The number of hydrogen-bond acceptors (Lipinski definition) is 8. The number of nitrogens with two attached hydrogens (primary N) is 1. The van der Waals surface area contributed by atoms with Gasteiger partial charge in [-0.3, -0.25) is 9.59 Å². The summed E-state index contributed by atoms with van der Waals surface area (Å²) in [6, 6.07) is 13.2. The molecule has 1 aromatic heterocycles. The number of nitrogens with zero attached hydrogens (tertiary/aromatic N) is 3. The van der Waals surface area contributed by atoms with Gasteiger partial charge in [-0.05, 0) is 72.4 Å². The molecule has 1 heterocycles. The molecule has 0 radical (unpaired) electrons. The van der Waals surface area contributed by atoms with Crippen molar-refractivity contribution in [3.05, 3.63) is 70.4 Å². The number of ether oxygens (including phenoxy) is 1. The van der Waals surface area contributed by atoms with Crippen molar-refractivity contribution in [2.75, 3.05) is 12.4 Å². The summed E-state index contributed by atoms with van der Waals surface area (Å²) >= 11 is 6.85. The zero-order valence-electron chi connectivity index (χ0n) is 18.0. The number of phenolic OH excluding ortho intramolecular Hbond substituents is 1. The van der Waals surface area contributed by atoms with Gasteiger partial charge in [0.05, 0.1) is 18.4 Å². The molecule has 11 heteroatoms. The number of aryl methyl sites for hydroxylation is 1. The molecule has 34 heavy (non-hydrogen) atoms. The molecule has 2 amide bonds. The van der Waals surface area contributed by atoms with Gasteiger partial charge in [-0.15, -0.1) is 10.2 Å². The van der Waals surface area contributed by atoms with E-state index in [4.69, 9.17) is 22.1 Å². The first-order valence-electron chi connectivity index (χ1n) is 9.87. The lowest BCUT2D eigenvalue weighted by Crippen LogP contribution is -2.12. The number of primary amides is 1. The molecule has 0 atom stereocenters. The highest BCUT2D eigenvalue weighted by Crippen LogP contribution is 2.41. The number of aromatic hydroxyl groups is 1. The Balaban J connectivity index is 1.83. The van der Waals surface area contributed by atoms with E-state index >= 15 is 0 Å². The summed E-state index contributed by atoms with van der Waals surface area (Å²) in [5.41, 5.74) is 6.52. The van der Waals surface area contributed by atoms with Gasteiger partial charge in [-0.2, -0.15) is 4.37 Å². The number of fused-ring (bicyclic) bond motifs is 1. The second-order valence-electron chi connectivity index (χ2n) is 7.18. The van der Waals surface area contributed by atoms with Crippen LogP contribution < -0.4 is 15.8 Å². The number of aromatic nitrogens is 1. The molecule has 4 rings (SSSR count). The molecule has 0 saturated carbocycles. The molecule has 0 fully saturated rings. The highest BCUT2D eigenvalue weighted by molar-refractivity contribution is 7.10. The van der Waals surface area contributed by atoms with Crippen molar-refractivity contribution in [2.45, 2.75) is 6.92 Å². The fraction of sp³-hybridized carbons (Fsp3) is 0.0870. The normalized spacial score (nSPS) is 11.1. The summed E-state index contributed by atoms with van der Waals surface area (Å²) in [7, 11) is 1.52. The number of halogens is 1. The fourth-order valence-electron chi connectivity index (χ4n) is 3.29. The second-order valence-corrected chi connectivity index (χ2v) is 8.37. The third-order valence-corrected chi connectivity index (χ3v) is 6.05. The minimum Gasteiger partial charge on any atom is -0.505 e. The average Bonchev–Trinajstić information content (AvgIpc) is 3.19. The number of hydrogen-bond donors (Lipinski definition) is 3. The summed E-state index contributed by atoms with van der Waals surface area (Å²) in [6.45, 7) is 1.64. The zero-order valence-corrected chi connectivity index (χ0v) is 19.6. The van der Waals surface area contributed by atoms with Crippen LogP contribution >= 0.6 is 23.1 Å². The predicted octanol–water partition coefficient (Wildman–Crippen LogP) is 5.74. The van der Waals surface area contributed by atoms with Crippen molar-refractivity contribution in [2.24, 2.45) is 16.0 Å². The van der Waals surface area contributed by atoms with E-state index < -0.39 is 11.8 Å². The first kappa shape index (κ1) is 23.1. The third-order valence-electron chi connectivity index (χ3n) is 4.97. The van der Waals surface area contributed by atoms with Gasteiger partial charge in [0.2, 0.25) is 0 Å². The Hall–Kier alpha value is -4.02. The zero-order chi connectivity index (χ0) is 24.4. The largest absolute Gasteiger partial charge is 0.505 e. The summed E-state index contributed by atoms with van der Waals surface area (Å²) in [5, 5.41) is 23.8. The number of methoxy groups -OCH3 is 1. The quantitative estimate of drug-likeness (QED) is 0.293.